The molecule has 12 nitrogen and oxygen atoms in total. The topological polar surface area (TPSA) is 133 Å². The van der Waals surface area contributed by atoms with Gasteiger partial charge in [-0.3, -0.25) is 24.6 Å². The number of ether oxygens (including phenoxy) is 1. The first kappa shape index (κ1) is 32.0. The molecule has 2 fully saturated rings. The summed E-state index contributed by atoms with van der Waals surface area (Å²) in [6.07, 6.45) is 3.27. The maximum absolute atomic E-state index is 14.0. The number of nitrogens with zero attached hydrogens (tertiary/aromatic N) is 7. The number of fused-ring (bicyclic) bond motifs is 1. The molecule has 0 radical (unpaired) electrons. The lowest BCUT2D eigenvalue weighted by Crippen LogP contribution is -2.53. The Kier molecular flexibility index (Phi) is 8.76. The molecule has 3 aromatic heterocycles. The van der Waals surface area contributed by atoms with Crippen LogP contribution in [0.15, 0.2) is 69.7 Å². The Balaban J connectivity index is 1.13. The first-order valence-electron chi connectivity index (χ1n) is 14.9. The van der Waals surface area contributed by atoms with Crippen LogP contribution in [0.2, 0.25) is 5.02 Å². The van der Waals surface area contributed by atoms with Crippen molar-refractivity contribution >= 4 is 63.0 Å². The number of hydrogen-bond acceptors (Lipinski definition) is 12. The molecule has 6 heterocycles. The highest BCUT2D eigenvalue weighted by Crippen LogP contribution is 2.37. The van der Waals surface area contributed by atoms with Crippen molar-refractivity contribution in [1.29, 1.82) is 0 Å². The first-order valence-corrected chi connectivity index (χ1v) is 17.1. The van der Waals surface area contributed by atoms with Gasteiger partial charge in [-0.25, -0.2) is 23.9 Å². The first-order chi connectivity index (χ1) is 23.2. The molecule has 0 unspecified atom stereocenters. The molecule has 2 saturated heterocycles. The van der Waals surface area contributed by atoms with E-state index >= 15 is 0 Å². The van der Waals surface area contributed by atoms with E-state index in [1.54, 1.807) is 29.4 Å². The number of amides is 2. The smallest absolute Gasteiger partial charge is 0.338 e. The number of piperazine rings is 1. The van der Waals surface area contributed by atoms with E-state index in [-0.39, 0.29) is 28.5 Å². The number of thiazole rings is 2. The van der Waals surface area contributed by atoms with Gasteiger partial charge in [0.1, 0.15) is 17.6 Å². The van der Waals surface area contributed by atoms with Crippen LogP contribution in [0.4, 0.5) is 14.3 Å². The Morgan fingerprint density at radius 2 is 2.00 bits per heavy atom. The third-order valence-electron chi connectivity index (χ3n) is 8.38. The third kappa shape index (κ3) is 6.09. The molecule has 16 heteroatoms. The number of aliphatic imine (C=N–C) groups is 1. The number of urea groups is 1. The summed E-state index contributed by atoms with van der Waals surface area (Å²) in [5.41, 5.74) is 3.10. The fourth-order valence-electron chi connectivity index (χ4n) is 6.04. The number of aromatic nitrogens is 3. The predicted molar refractivity (Wildman–Crippen MR) is 180 cm³/mol. The monoisotopic (exact) mass is 706 g/mol. The number of esters is 1. The molecule has 1 N–H and O–H groups in total. The molecule has 48 heavy (non-hydrogen) atoms. The molecule has 0 aliphatic carbocycles. The molecular formula is C32H28ClFN8O4S2. The van der Waals surface area contributed by atoms with Crippen LogP contribution in [0, 0.1) is 5.82 Å². The molecule has 0 spiro atoms. The number of rotatable bonds is 8. The molecule has 3 aliphatic rings. The van der Waals surface area contributed by atoms with E-state index in [1.807, 2.05) is 15.7 Å². The number of nitrogens with one attached hydrogen (secondary N) is 1. The number of ketones is 1. The minimum Gasteiger partial charge on any atom is -0.466 e. The van der Waals surface area contributed by atoms with E-state index in [2.05, 4.69) is 20.2 Å². The van der Waals surface area contributed by atoms with E-state index < -0.39 is 17.8 Å². The number of amidine groups is 1. The van der Waals surface area contributed by atoms with Crippen molar-refractivity contribution < 1.29 is 23.5 Å². The van der Waals surface area contributed by atoms with Crippen molar-refractivity contribution in [3.63, 3.8) is 0 Å². The minimum absolute atomic E-state index is 0.111. The fourth-order valence-corrected chi connectivity index (χ4v) is 7.74. The zero-order valence-corrected chi connectivity index (χ0v) is 28.1. The number of methoxy groups -OCH3 is 1. The second-order valence-electron chi connectivity index (χ2n) is 11.4. The van der Waals surface area contributed by atoms with Gasteiger partial charge in [0.2, 0.25) is 0 Å². The van der Waals surface area contributed by atoms with Crippen LogP contribution in [-0.4, -0.2) is 94.2 Å². The average molecular weight is 707 g/mol. The number of carbonyl (C=O) groups excluding carboxylic acids is 3. The van der Waals surface area contributed by atoms with Crippen molar-refractivity contribution in [2.45, 2.75) is 19.0 Å². The van der Waals surface area contributed by atoms with Crippen LogP contribution < -0.4 is 10.2 Å². The number of hydrogen-bond donors (Lipinski definition) is 1. The van der Waals surface area contributed by atoms with Crippen LogP contribution in [0.1, 0.15) is 34.0 Å². The molecule has 4 aromatic rings. The summed E-state index contributed by atoms with van der Waals surface area (Å²) in [7, 11) is 1.30. The van der Waals surface area contributed by atoms with Crippen molar-refractivity contribution in [2.75, 3.05) is 44.7 Å². The van der Waals surface area contributed by atoms with Gasteiger partial charge in [0.05, 0.1) is 31.0 Å². The second kappa shape index (κ2) is 13.1. The van der Waals surface area contributed by atoms with Gasteiger partial charge in [0.25, 0.3) is 0 Å². The fraction of sp³-hybridized carbons (Fsp3) is 0.281. The summed E-state index contributed by atoms with van der Waals surface area (Å²) < 4.78 is 19.2. The van der Waals surface area contributed by atoms with Gasteiger partial charge in [0.15, 0.2) is 21.8 Å². The zero-order chi connectivity index (χ0) is 33.5. The standard InChI is InChI=1S/C32H28ClFN8O4S2/c1-17(43)23-6-3-18(12-36-23)25-16-48-31(38-25)42-14-20-13-40(8-9-41(20)32(42)45)15-24-26(30(44)46-2)27(21-5-4-19(34)11-22(21)33)39-28(37-24)29-35-7-10-47-29/h3-7,10-12,16,20,27H,8-9,13-15H2,1-2H3,(H,37,39)/t20-,27-/m0/s1. The Hall–Kier alpha value is -4.57. The Bertz CT molecular complexity index is 1970. The van der Waals surface area contributed by atoms with Crippen molar-refractivity contribution in [2.24, 2.45) is 4.99 Å². The summed E-state index contributed by atoms with van der Waals surface area (Å²) in [5, 5.41) is 8.36. The summed E-state index contributed by atoms with van der Waals surface area (Å²) in [6.45, 7) is 3.82. The summed E-state index contributed by atoms with van der Waals surface area (Å²) >= 11 is 9.25. The molecule has 1 aromatic carbocycles. The summed E-state index contributed by atoms with van der Waals surface area (Å²) in [5.74, 6) is -0.741. The molecule has 0 bridgehead atoms. The Labute approximate surface area is 287 Å². The molecular weight excluding hydrogens is 679 g/mol. The third-order valence-corrected chi connectivity index (χ3v) is 10.4. The van der Waals surface area contributed by atoms with Gasteiger partial charge in [0, 0.05) is 78.1 Å². The Morgan fingerprint density at radius 1 is 1.15 bits per heavy atom. The maximum Gasteiger partial charge on any atom is 0.338 e. The van der Waals surface area contributed by atoms with Crippen molar-refractivity contribution in [3.05, 3.63) is 91.9 Å². The average Bonchev–Trinajstić information content (AvgIpc) is 3.85. The van der Waals surface area contributed by atoms with Gasteiger partial charge >= 0.3 is 12.0 Å². The molecule has 2 atom stereocenters. The van der Waals surface area contributed by atoms with Crippen LogP contribution >= 0.6 is 34.3 Å². The summed E-state index contributed by atoms with van der Waals surface area (Å²) in [4.78, 5) is 62.3. The molecule has 246 valence electrons. The number of halogens is 2. The largest absolute Gasteiger partial charge is 0.466 e. The lowest BCUT2D eigenvalue weighted by Gasteiger charge is -2.38. The van der Waals surface area contributed by atoms with Crippen molar-refractivity contribution in [3.8, 4) is 11.3 Å². The van der Waals surface area contributed by atoms with Crippen molar-refractivity contribution in [1.82, 2.24) is 30.1 Å². The number of benzene rings is 1. The minimum atomic E-state index is -0.862. The van der Waals surface area contributed by atoms with Gasteiger partial charge in [-0.15, -0.1) is 22.7 Å². The SMILES string of the molecule is COC(=O)C1=C(CN2CCN3C(=O)N(c4nc(-c5ccc(C(C)=O)nc5)cs4)C[C@@H]3C2)NC(c2nccs2)=N[C@H]1c1ccc(F)cc1Cl. The lowest BCUT2D eigenvalue weighted by atomic mass is 9.95. The quantitative estimate of drug-likeness (QED) is 0.203. The van der Waals surface area contributed by atoms with E-state index in [0.29, 0.717) is 71.3 Å². The van der Waals surface area contributed by atoms with Crippen LogP contribution in [0.5, 0.6) is 0 Å². The number of anilines is 1. The predicted octanol–water partition coefficient (Wildman–Crippen LogP) is 4.80. The molecule has 0 saturated carbocycles. The van der Waals surface area contributed by atoms with Gasteiger partial charge < -0.3 is 15.0 Å². The number of carbonyl (C=O) groups is 3. The molecule has 7 rings (SSSR count). The summed E-state index contributed by atoms with van der Waals surface area (Å²) in [6, 6.07) is 6.37. The number of Topliss-reactive ketones (excluding diaryl/α,β-unsaturated/α-hetero) is 1. The van der Waals surface area contributed by atoms with E-state index in [0.717, 1.165) is 5.56 Å². The Morgan fingerprint density at radius 3 is 2.71 bits per heavy atom. The van der Waals surface area contributed by atoms with E-state index in [9.17, 15) is 18.8 Å². The molecule has 3 aliphatic heterocycles. The van der Waals surface area contributed by atoms with E-state index in [1.165, 1.54) is 54.9 Å². The normalized spacial score (nSPS) is 19.7. The van der Waals surface area contributed by atoms with Crippen LogP contribution in [0.25, 0.3) is 11.3 Å². The van der Waals surface area contributed by atoms with Gasteiger partial charge in [-0.05, 0) is 24.3 Å². The number of pyridine rings is 1. The second-order valence-corrected chi connectivity index (χ2v) is 13.5. The van der Waals surface area contributed by atoms with Crippen LogP contribution in [-0.2, 0) is 9.53 Å². The maximum atomic E-state index is 14.0. The molecule has 2 amide bonds. The van der Waals surface area contributed by atoms with E-state index in [4.69, 9.17) is 26.3 Å². The van der Waals surface area contributed by atoms with Gasteiger partial charge in [-0.1, -0.05) is 17.7 Å². The van der Waals surface area contributed by atoms with Crippen LogP contribution in [0.3, 0.4) is 0 Å². The zero-order valence-electron chi connectivity index (χ0n) is 25.7. The highest BCUT2D eigenvalue weighted by molar-refractivity contribution is 7.14. The highest BCUT2D eigenvalue weighted by Gasteiger charge is 2.43. The van der Waals surface area contributed by atoms with Gasteiger partial charge in [-0.2, -0.15) is 0 Å². The lowest BCUT2D eigenvalue weighted by molar-refractivity contribution is -0.136. The highest BCUT2D eigenvalue weighted by atomic mass is 35.5.